The number of pyridine rings is 2. The normalized spacial score (nSPS) is 15.2. The molecule has 0 unspecified atom stereocenters. The van der Waals surface area contributed by atoms with Crippen molar-refractivity contribution in [3.8, 4) is 0 Å². The fourth-order valence-corrected chi connectivity index (χ4v) is 2.18. The molecule has 0 saturated heterocycles. The minimum absolute atomic E-state index is 0.0613. The van der Waals surface area contributed by atoms with E-state index in [0.29, 0.717) is 26.8 Å². The second-order valence-electron chi connectivity index (χ2n) is 4.13. The number of hydrogen-bond donors (Lipinski definition) is 0. The van der Waals surface area contributed by atoms with Gasteiger partial charge in [-0.1, -0.05) is 23.2 Å². The van der Waals surface area contributed by atoms with Gasteiger partial charge in [0, 0.05) is 12.1 Å². The molecule has 1 aliphatic rings. The molecule has 2 aromatic rings. The highest BCUT2D eigenvalue weighted by atomic mass is 35.5. The molecule has 3 nitrogen and oxygen atoms in total. The van der Waals surface area contributed by atoms with Crippen molar-refractivity contribution in [2.24, 2.45) is 5.92 Å². The predicted octanol–water partition coefficient (Wildman–Crippen LogP) is 3.53. The van der Waals surface area contributed by atoms with E-state index in [1.165, 1.54) is 6.20 Å². The molecule has 3 rings (SSSR count). The number of hydrogen-bond acceptors (Lipinski definition) is 3. The number of nitrogens with zero attached hydrogens (tertiary/aromatic N) is 2. The Bertz CT molecular complexity index is 623. The van der Waals surface area contributed by atoms with Gasteiger partial charge in [-0.2, -0.15) is 0 Å². The lowest BCUT2D eigenvalue weighted by molar-refractivity contribution is 0.0967. The molecule has 0 aliphatic heterocycles. The van der Waals surface area contributed by atoms with Crippen LogP contribution >= 0.6 is 23.2 Å². The van der Waals surface area contributed by atoms with Gasteiger partial charge in [-0.05, 0) is 25.0 Å². The van der Waals surface area contributed by atoms with Crippen LogP contribution in [0, 0.1) is 5.92 Å². The molecule has 2 heterocycles. The van der Waals surface area contributed by atoms with E-state index in [1.54, 1.807) is 12.1 Å². The topological polar surface area (TPSA) is 42.9 Å². The molecule has 1 aliphatic carbocycles. The van der Waals surface area contributed by atoms with Crippen molar-refractivity contribution < 1.29 is 4.79 Å². The monoisotopic (exact) mass is 266 g/mol. The van der Waals surface area contributed by atoms with Crippen LogP contribution in [0.4, 0.5) is 0 Å². The Morgan fingerprint density at radius 2 is 2.06 bits per heavy atom. The van der Waals surface area contributed by atoms with Crippen LogP contribution in [0.25, 0.3) is 11.0 Å². The first-order chi connectivity index (χ1) is 8.16. The fourth-order valence-electron chi connectivity index (χ4n) is 1.75. The third-order valence-corrected chi connectivity index (χ3v) is 3.42. The molecule has 86 valence electrons. The maximum Gasteiger partial charge on any atom is 0.169 e. The van der Waals surface area contributed by atoms with Crippen LogP contribution in [0.1, 0.15) is 23.2 Å². The minimum Gasteiger partial charge on any atom is -0.294 e. The molecule has 0 atom stereocenters. The largest absolute Gasteiger partial charge is 0.294 e. The quantitative estimate of drug-likeness (QED) is 0.617. The van der Waals surface area contributed by atoms with Gasteiger partial charge < -0.3 is 0 Å². The van der Waals surface area contributed by atoms with Crippen molar-refractivity contribution in [2.45, 2.75) is 12.8 Å². The van der Waals surface area contributed by atoms with Gasteiger partial charge in [0.25, 0.3) is 0 Å². The fraction of sp³-hybridized carbons (Fsp3) is 0.250. The van der Waals surface area contributed by atoms with Gasteiger partial charge in [-0.3, -0.25) is 9.78 Å². The smallest absolute Gasteiger partial charge is 0.169 e. The van der Waals surface area contributed by atoms with Gasteiger partial charge >= 0.3 is 0 Å². The van der Waals surface area contributed by atoms with E-state index in [1.807, 2.05) is 0 Å². The summed E-state index contributed by atoms with van der Waals surface area (Å²) in [6.07, 6.45) is 3.41. The molecule has 0 N–H and O–H groups in total. The van der Waals surface area contributed by atoms with Crippen LogP contribution < -0.4 is 0 Å². The highest BCUT2D eigenvalue weighted by Gasteiger charge is 2.32. The number of aromatic nitrogens is 2. The summed E-state index contributed by atoms with van der Waals surface area (Å²) >= 11 is 12.0. The molecule has 0 radical (unpaired) electrons. The molecule has 0 bridgehead atoms. The minimum atomic E-state index is 0.0613. The third kappa shape index (κ3) is 1.90. The van der Waals surface area contributed by atoms with Crippen LogP contribution in [0.3, 0.4) is 0 Å². The molecule has 1 fully saturated rings. The molecular formula is C12H8Cl2N2O. The summed E-state index contributed by atoms with van der Waals surface area (Å²) in [6.45, 7) is 0. The summed E-state index contributed by atoms with van der Waals surface area (Å²) in [5.74, 6) is 0.178. The number of halogens is 2. The van der Waals surface area contributed by atoms with E-state index in [9.17, 15) is 4.79 Å². The van der Waals surface area contributed by atoms with E-state index in [4.69, 9.17) is 23.2 Å². The first-order valence-corrected chi connectivity index (χ1v) is 6.07. The number of rotatable bonds is 2. The lowest BCUT2D eigenvalue weighted by atomic mass is 10.1. The summed E-state index contributed by atoms with van der Waals surface area (Å²) in [7, 11) is 0. The van der Waals surface area contributed by atoms with Gasteiger partial charge in [0.2, 0.25) is 0 Å². The van der Waals surface area contributed by atoms with Crippen molar-refractivity contribution in [1.82, 2.24) is 9.97 Å². The summed E-state index contributed by atoms with van der Waals surface area (Å²) in [4.78, 5) is 20.3. The molecule has 0 spiro atoms. The van der Waals surface area contributed by atoms with Crippen molar-refractivity contribution in [3.63, 3.8) is 0 Å². The van der Waals surface area contributed by atoms with Crippen LogP contribution in [0.15, 0.2) is 18.3 Å². The van der Waals surface area contributed by atoms with E-state index in [-0.39, 0.29) is 11.7 Å². The lowest BCUT2D eigenvalue weighted by Gasteiger charge is -2.05. The number of carbonyl (C=O) groups is 1. The second kappa shape index (κ2) is 3.93. The molecule has 2 aromatic heterocycles. The van der Waals surface area contributed by atoms with Crippen LogP contribution in [0.5, 0.6) is 0 Å². The van der Waals surface area contributed by atoms with Crippen molar-refractivity contribution in [2.75, 3.05) is 0 Å². The van der Waals surface area contributed by atoms with Crippen LogP contribution in [0.2, 0.25) is 10.2 Å². The van der Waals surface area contributed by atoms with E-state index in [2.05, 4.69) is 9.97 Å². The number of fused-ring (bicyclic) bond motifs is 1. The lowest BCUT2D eigenvalue weighted by Crippen LogP contribution is -2.04. The van der Waals surface area contributed by atoms with Crippen molar-refractivity contribution in [3.05, 3.63) is 34.1 Å². The van der Waals surface area contributed by atoms with E-state index in [0.717, 1.165) is 12.8 Å². The van der Waals surface area contributed by atoms with E-state index >= 15 is 0 Å². The first-order valence-electron chi connectivity index (χ1n) is 5.32. The van der Waals surface area contributed by atoms with Crippen LogP contribution in [-0.2, 0) is 0 Å². The Morgan fingerprint density at radius 3 is 2.76 bits per heavy atom. The standard InChI is InChI=1S/C12H8Cl2N2O/c13-9-4-3-8-11(16-9)10(14)7(5-15-8)12(17)6-1-2-6/h3-6H,1-2H2. The molecule has 1 saturated carbocycles. The Labute approximate surface area is 108 Å². The average molecular weight is 267 g/mol. The van der Waals surface area contributed by atoms with Gasteiger partial charge in [-0.15, -0.1) is 0 Å². The molecule has 17 heavy (non-hydrogen) atoms. The Balaban J connectivity index is 2.20. The second-order valence-corrected chi connectivity index (χ2v) is 4.89. The maximum absolute atomic E-state index is 12.0. The molecule has 0 amide bonds. The summed E-state index contributed by atoms with van der Waals surface area (Å²) < 4.78 is 0. The van der Waals surface area contributed by atoms with Gasteiger partial charge in [0.1, 0.15) is 10.7 Å². The van der Waals surface area contributed by atoms with Crippen LogP contribution in [-0.4, -0.2) is 15.8 Å². The summed E-state index contributed by atoms with van der Waals surface area (Å²) in [6, 6.07) is 3.39. The zero-order valence-corrected chi connectivity index (χ0v) is 10.3. The van der Waals surface area contributed by atoms with Gasteiger partial charge in [-0.25, -0.2) is 4.98 Å². The predicted molar refractivity (Wildman–Crippen MR) is 66.6 cm³/mol. The molecular weight excluding hydrogens is 259 g/mol. The zero-order chi connectivity index (χ0) is 12.0. The SMILES string of the molecule is O=C(c1cnc2ccc(Cl)nc2c1Cl)C1CC1. The Hall–Kier alpha value is -1.19. The maximum atomic E-state index is 12.0. The Kier molecular flexibility index (Phi) is 2.53. The number of ketones is 1. The van der Waals surface area contributed by atoms with Gasteiger partial charge in [0.05, 0.1) is 16.1 Å². The van der Waals surface area contributed by atoms with E-state index < -0.39 is 0 Å². The average Bonchev–Trinajstić information content (AvgIpc) is 3.13. The Morgan fingerprint density at radius 1 is 1.29 bits per heavy atom. The highest BCUT2D eigenvalue weighted by Crippen LogP contribution is 2.35. The number of carbonyl (C=O) groups excluding carboxylic acids is 1. The van der Waals surface area contributed by atoms with Crippen molar-refractivity contribution >= 4 is 40.0 Å². The zero-order valence-electron chi connectivity index (χ0n) is 8.78. The number of Topliss-reactive ketones (excluding diaryl/α,β-unsaturated/α-hetero) is 1. The molecule has 5 heteroatoms. The van der Waals surface area contributed by atoms with Gasteiger partial charge in [0.15, 0.2) is 5.78 Å². The molecule has 0 aromatic carbocycles. The summed E-state index contributed by atoms with van der Waals surface area (Å²) in [5, 5.41) is 0.701. The summed E-state index contributed by atoms with van der Waals surface area (Å²) in [5.41, 5.74) is 1.59. The third-order valence-electron chi connectivity index (χ3n) is 2.83. The highest BCUT2D eigenvalue weighted by molar-refractivity contribution is 6.38. The van der Waals surface area contributed by atoms with Crippen molar-refractivity contribution in [1.29, 1.82) is 0 Å². The first kappa shape index (κ1) is 10.9.